The fourth-order valence-corrected chi connectivity index (χ4v) is 4.81. The molecule has 2 aliphatic heterocycles. The molecule has 3 heterocycles. The van der Waals surface area contributed by atoms with E-state index in [9.17, 15) is 9.90 Å². The molecule has 0 unspecified atom stereocenters. The van der Waals surface area contributed by atoms with Gasteiger partial charge in [-0.15, -0.1) is 0 Å². The lowest BCUT2D eigenvalue weighted by atomic mass is 9.83. The van der Waals surface area contributed by atoms with Crippen molar-refractivity contribution in [3.05, 3.63) is 82.8 Å². The maximum absolute atomic E-state index is 13.4. The molecule has 3 aromatic rings. The Morgan fingerprint density at radius 1 is 0.938 bits per heavy atom. The van der Waals surface area contributed by atoms with Crippen LogP contribution >= 0.6 is 0 Å². The number of aromatic hydroxyl groups is 1. The Labute approximate surface area is 187 Å². The van der Waals surface area contributed by atoms with Gasteiger partial charge in [0.25, 0.3) is 5.56 Å². The molecule has 0 saturated carbocycles. The second kappa shape index (κ2) is 8.51. The minimum absolute atomic E-state index is 0.0541. The largest absolute Gasteiger partial charge is 0.508 e. The molecule has 1 aromatic heterocycles. The normalized spacial score (nSPS) is 20.5. The second-order valence-electron chi connectivity index (χ2n) is 8.70. The van der Waals surface area contributed by atoms with Crippen molar-refractivity contribution in [1.82, 2.24) is 9.47 Å². The van der Waals surface area contributed by atoms with Crippen LogP contribution in [0.3, 0.4) is 0 Å². The van der Waals surface area contributed by atoms with E-state index < -0.39 is 0 Å². The van der Waals surface area contributed by atoms with Crippen LogP contribution in [0.5, 0.6) is 5.75 Å². The van der Waals surface area contributed by atoms with Gasteiger partial charge < -0.3 is 25.2 Å². The summed E-state index contributed by atoms with van der Waals surface area (Å²) in [7, 11) is 2.15. The number of fused-ring (bicyclic) bond motifs is 4. The van der Waals surface area contributed by atoms with E-state index in [-0.39, 0.29) is 11.3 Å². The summed E-state index contributed by atoms with van der Waals surface area (Å²) in [5.74, 6) is 1.53. The lowest BCUT2D eigenvalue weighted by molar-refractivity contribution is 0.145. The number of aliphatic imine (C=N–C) groups is 1. The average Bonchev–Trinajstić information content (AvgIpc) is 2.78. The molecule has 7 nitrogen and oxygen atoms in total. The Balaban J connectivity index is 1.50. The highest BCUT2D eigenvalue weighted by Crippen LogP contribution is 2.35. The van der Waals surface area contributed by atoms with Gasteiger partial charge in [-0.3, -0.25) is 4.79 Å². The number of rotatable bonds is 3. The average molecular weight is 430 g/mol. The van der Waals surface area contributed by atoms with Gasteiger partial charge in [0, 0.05) is 42.6 Å². The van der Waals surface area contributed by atoms with Crippen molar-refractivity contribution < 1.29 is 5.11 Å². The van der Waals surface area contributed by atoms with E-state index >= 15 is 0 Å². The molecular formula is C25H27N5O2. The molecule has 1 fully saturated rings. The molecule has 2 aromatic carbocycles. The van der Waals surface area contributed by atoms with E-state index in [2.05, 4.69) is 33.6 Å². The van der Waals surface area contributed by atoms with Gasteiger partial charge in [0.1, 0.15) is 11.4 Å². The number of phenolic OH excluding ortho intramolecular Hbond substituents is 1. The minimum atomic E-state index is -0.0541. The summed E-state index contributed by atoms with van der Waals surface area (Å²) in [5.41, 5.74) is 3.06. The van der Waals surface area contributed by atoms with Crippen molar-refractivity contribution in [1.29, 1.82) is 0 Å². The first-order valence-corrected chi connectivity index (χ1v) is 10.9. The molecule has 7 heteroatoms. The van der Waals surface area contributed by atoms with Crippen molar-refractivity contribution in [2.24, 2.45) is 10.9 Å². The smallest absolute Gasteiger partial charge is 0.276 e. The quantitative estimate of drug-likeness (QED) is 0.335. The zero-order chi connectivity index (χ0) is 22.1. The van der Waals surface area contributed by atoms with Crippen molar-refractivity contribution in [2.45, 2.75) is 18.9 Å². The minimum Gasteiger partial charge on any atom is -0.508 e. The van der Waals surface area contributed by atoms with Crippen LogP contribution in [0.15, 0.2) is 76.5 Å². The Hall–Kier alpha value is -3.58. The Morgan fingerprint density at radius 2 is 1.66 bits per heavy atom. The lowest BCUT2D eigenvalue weighted by Crippen LogP contribution is -2.45. The number of nitrogens with zero attached hydrogens (tertiary/aromatic N) is 3. The van der Waals surface area contributed by atoms with Crippen molar-refractivity contribution in [3.8, 4) is 5.75 Å². The summed E-state index contributed by atoms with van der Waals surface area (Å²) in [5, 5.41) is 16.1. The molecular weight excluding hydrogens is 402 g/mol. The SMILES string of the molecule is CN1C[C@H]2C[C@H](C1)c1ccc(N=C(Nc3ccccc3)Nc3ccc(O)cc3)c(=O)n1C2. The summed E-state index contributed by atoms with van der Waals surface area (Å²) in [4.78, 5) is 20.4. The molecule has 0 spiro atoms. The topological polar surface area (TPSA) is 81.9 Å². The van der Waals surface area contributed by atoms with Crippen LogP contribution in [0.25, 0.3) is 0 Å². The van der Waals surface area contributed by atoms with Crippen LogP contribution in [0.2, 0.25) is 0 Å². The van der Waals surface area contributed by atoms with Gasteiger partial charge in [-0.25, -0.2) is 4.99 Å². The molecule has 0 amide bonds. The Bertz CT molecular complexity index is 1190. The Morgan fingerprint density at radius 3 is 2.41 bits per heavy atom. The van der Waals surface area contributed by atoms with Crippen LogP contribution in [0.1, 0.15) is 18.0 Å². The number of para-hydroxylation sites is 1. The van der Waals surface area contributed by atoms with E-state index in [0.29, 0.717) is 23.5 Å². The fourth-order valence-electron chi connectivity index (χ4n) is 4.81. The number of likely N-dealkylation sites (N-methyl/N-ethyl adjacent to an activating group) is 1. The number of piperidine rings is 1. The van der Waals surface area contributed by atoms with E-state index in [4.69, 9.17) is 0 Å². The van der Waals surface area contributed by atoms with Crippen molar-refractivity contribution in [2.75, 3.05) is 30.8 Å². The van der Waals surface area contributed by atoms with Gasteiger partial charge in [0.15, 0.2) is 0 Å². The molecule has 2 aliphatic rings. The summed E-state index contributed by atoms with van der Waals surface area (Å²) in [6, 6.07) is 20.3. The molecule has 0 radical (unpaired) electrons. The number of benzene rings is 2. The van der Waals surface area contributed by atoms with Crippen LogP contribution < -0.4 is 16.2 Å². The first kappa shape index (κ1) is 20.3. The maximum Gasteiger partial charge on any atom is 0.276 e. The van der Waals surface area contributed by atoms with Gasteiger partial charge in [-0.05, 0) is 67.9 Å². The van der Waals surface area contributed by atoms with Crippen molar-refractivity contribution >= 4 is 23.0 Å². The molecule has 32 heavy (non-hydrogen) atoms. The van der Waals surface area contributed by atoms with Crippen LogP contribution in [-0.4, -0.2) is 40.7 Å². The number of aromatic nitrogens is 1. The molecule has 1 saturated heterocycles. The number of guanidine groups is 1. The molecule has 3 N–H and O–H groups in total. The van der Waals surface area contributed by atoms with E-state index in [1.807, 2.05) is 41.0 Å². The zero-order valence-electron chi connectivity index (χ0n) is 18.0. The van der Waals surface area contributed by atoms with Gasteiger partial charge in [-0.1, -0.05) is 18.2 Å². The van der Waals surface area contributed by atoms with E-state index in [0.717, 1.165) is 43.1 Å². The maximum atomic E-state index is 13.4. The van der Waals surface area contributed by atoms with Gasteiger partial charge in [0.05, 0.1) is 0 Å². The molecule has 164 valence electrons. The summed E-state index contributed by atoms with van der Waals surface area (Å²) < 4.78 is 1.92. The number of likely N-dealkylation sites (tertiary alicyclic amines) is 1. The van der Waals surface area contributed by atoms with E-state index in [1.54, 1.807) is 24.3 Å². The fraction of sp³-hybridized carbons (Fsp3) is 0.280. The number of pyridine rings is 1. The summed E-state index contributed by atoms with van der Waals surface area (Å²) in [6.07, 6.45) is 1.15. The third kappa shape index (κ3) is 4.24. The first-order valence-electron chi connectivity index (χ1n) is 10.9. The Kier molecular flexibility index (Phi) is 5.41. The monoisotopic (exact) mass is 429 g/mol. The number of hydrogen-bond acceptors (Lipinski definition) is 4. The van der Waals surface area contributed by atoms with Crippen LogP contribution in [0, 0.1) is 5.92 Å². The first-order chi connectivity index (χ1) is 15.5. The standard InChI is InChI=1S/C25H27N5O2/c1-29-14-17-13-18(16-29)23-12-11-22(24(32)30(23)15-17)28-25(26-19-5-3-2-4-6-19)27-20-7-9-21(31)10-8-20/h2-12,17-18,31H,13-16H2,1H3,(H2,26,27,28)/t17-,18-/m1/s1. The summed E-state index contributed by atoms with van der Waals surface area (Å²) >= 11 is 0. The molecule has 2 bridgehead atoms. The predicted molar refractivity (Wildman–Crippen MR) is 128 cm³/mol. The molecule has 0 aliphatic carbocycles. The third-order valence-electron chi connectivity index (χ3n) is 6.17. The number of hydrogen-bond donors (Lipinski definition) is 3. The van der Waals surface area contributed by atoms with Crippen molar-refractivity contribution in [3.63, 3.8) is 0 Å². The third-order valence-corrected chi connectivity index (χ3v) is 6.17. The number of nitrogens with one attached hydrogen (secondary N) is 2. The van der Waals surface area contributed by atoms with Crippen LogP contribution in [0.4, 0.5) is 17.1 Å². The predicted octanol–water partition coefficient (Wildman–Crippen LogP) is 3.81. The highest BCUT2D eigenvalue weighted by molar-refractivity contribution is 6.04. The molecule has 2 atom stereocenters. The summed E-state index contributed by atoms with van der Waals surface area (Å²) in [6.45, 7) is 2.76. The van der Waals surface area contributed by atoms with Gasteiger partial charge in [-0.2, -0.15) is 0 Å². The zero-order valence-corrected chi connectivity index (χ0v) is 18.0. The van der Waals surface area contributed by atoms with Gasteiger partial charge in [0.2, 0.25) is 5.96 Å². The van der Waals surface area contributed by atoms with E-state index in [1.165, 1.54) is 0 Å². The highest BCUT2D eigenvalue weighted by Gasteiger charge is 2.33. The number of phenols is 1. The highest BCUT2D eigenvalue weighted by atomic mass is 16.3. The number of anilines is 2. The molecule has 5 rings (SSSR count). The van der Waals surface area contributed by atoms with Crippen LogP contribution in [-0.2, 0) is 6.54 Å². The lowest BCUT2D eigenvalue weighted by Gasteiger charge is -2.41. The van der Waals surface area contributed by atoms with Gasteiger partial charge >= 0.3 is 0 Å². The second-order valence-corrected chi connectivity index (χ2v) is 8.70.